The third kappa shape index (κ3) is 2.30. The summed E-state index contributed by atoms with van der Waals surface area (Å²) in [7, 11) is 0. The molecule has 1 aliphatic heterocycles. The Morgan fingerprint density at radius 2 is 1.71 bits per heavy atom. The molecule has 0 bridgehead atoms. The largest absolute Gasteiger partial charge is 0.446 e. The molecule has 0 radical (unpaired) electrons. The molecule has 1 aliphatic carbocycles. The second-order valence-corrected chi connectivity index (χ2v) is 6.75. The number of benzene rings is 2. The molecule has 122 valence electrons. The van der Waals surface area contributed by atoms with Gasteiger partial charge in [-0.2, -0.15) is 0 Å². The van der Waals surface area contributed by atoms with Crippen LogP contribution in [0, 0.1) is 5.92 Å². The Morgan fingerprint density at radius 3 is 2.38 bits per heavy atom. The first-order valence-electron chi connectivity index (χ1n) is 8.21. The van der Waals surface area contributed by atoms with Gasteiger partial charge in [-0.25, -0.2) is 9.69 Å². The van der Waals surface area contributed by atoms with Gasteiger partial charge < -0.3 is 4.74 Å². The molecular weight excluding hydrogens is 302 g/mol. The minimum atomic E-state index is -0.531. The van der Waals surface area contributed by atoms with Gasteiger partial charge in [0.2, 0.25) is 5.91 Å². The lowest BCUT2D eigenvalue weighted by Crippen LogP contribution is -2.36. The minimum absolute atomic E-state index is 0.127. The van der Waals surface area contributed by atoms with Gasteiger partial charge in [0, 0.05) is 11.3 Å². The first-order valence-corrected chi connectivity index (χ1v) is 8.21. The van der Waals surface area contributed by atoms with Crippen molar-refractivity contribution in [2.24, 2.45) is 5.92 Å². The van der Waals surface area contributed by atoms with E-state index in [4.69, 9.17) is 4.74 Å². The van der Waals surface area contributed by atoms with Crippen molar-refractivity contribution in [3.05, 3.63) is 71.8 Å². The van der Waals surface area contributed by atoms with Crippen molar-refractivity contribution in [2.45, 2.75) is 24.8 Å². The number of nitrogens with zero attached hydrogens (tertiary/aromatic N) is 1. The van der Waals surface area contributed by atoms with E-state index < -0.39 is 6.09 Å². The molecule has 4 rings (SSSR count). The molecule has 0 N–H and O–H groups in total. The van der Waals surface area contributed by atoms with Gasteiger partial charge >= 0.3 is 6.09 Å². The third-order valence-electron chi connectivity index (χ3n) is 5.26. The Balaban J connectivity index is 1.59. The average molecular weight is 321 g/mol. The molecule has 1 saturated carbocycles. The zero-order valence-electron chi connectivity index (χ0n) is 13.5. The van der Waals surface area contributed by atoms with Crippen LogP contribution in [-0.4, -0.2) is 23.5 Å². The summed E-state index contributed by atoms with van der Waals surface area (Å²) < 4.78 is 5.17. The van der Waals surface area contributed by atoms with Gasteiger partial charge in [0.15, 0.2) is 0 Å². The van der Waals surface area contributed by atoms with E-state index in [1.165, 1.54) is 4.90 Å². The molecule has 2 aromatic carbocycles. The summed E-state index contributed by atoms with van der Waals surface area (Å²) >= 11 is 0. The standard InChI is InChI=1S/C20H19NO3/c1-20(15-10-6-3-7-11-15)12-16(20)18(22)21-17(13-24-19(21)23)14-8-4-2-5-9-14/h2-11,16-17H,12-13H2,1H3/t16-,17?,20+/m0/s1. The zero-order valence-corrected chi connectivity index (χ0v) is 13.5. The lowest BCUT2D eigenvalue weighted by Gasteiger charge is -2.21. The molecule has 1 saturated heterocycles. The Labute approximate surface area is 141 Å². The summed E-state index contributed by atoms with van der Waals surface area (Å²) in [4.78, 5) is 26.5. The monoisotopic (exact) mass is 321 g/mol. The molecule has 1 unspecified atom stereocenters. The fourth-order valence-corrected chi connectivity index (χ4v) is 3.62. The quantitative estimate of drug-likeness (QED) is 0.866. The van der Waals surface area contributed by atoms with Gasteiger partial charge in [0.05, 0.1) is 0 Å². The maximum atomic E-state index is 13.0. The SMILES string of the molecule is C[C@]1(c2ccccc2)C[C@H]1C(=O)N1C(=O)OCC1c1ccccc1. The topological polar surface area (TPSA) is 46.6 Å². The molecule has 4 nitrogen and oxygen atoms in total. The number of carbonyl (C=O) groups is 2. The molecular formula is C20H19NO3. The van der Waals surface area contributed by atoms with Crippen molar-refractivity contribution in [1.29, 1.82) is 0 Å². The van der Waals surface area contributed by atoms with Crippen molar-refractivity contribution in [2.75, 3.05) is 6.61 Å². The summed E-state index contributed by atoms with van der Waals surface area (Å²) in [6, 6.07) is 19.3. The van der Waals surface area contributed by atoms with Gasteiger partial charge in [-0.05, 0) is 17.5 Å². The molecule has 24 heavy (non-hydrogen) atoms. The van der Waals surface area contributed by atoms with Crippen molar-refractivity contribution in [3.63, 3.8) is 0 Å². The van der Waals surface area contributed by atoms with E-state index in [9.17, 15) is 9.59 Å². The molecule has 2 aliphatic rings. The van der Waals surface area contributed by atoms with Crippen molar-refractivity contribution < 1.29 is 14.3 Å². The van der Waals surface area contributed by atoms with Crippen LogP contribution in [0.5, 0.6) is 0 Å². The lowest BCUT2D eigenvalue weighted by atomic mass is 9.95. The second kappa shape index (κ2) is 5.48. The summed E-state index contributed by atoms with van der Waals surface area (Å²) in [5.41, 5.74) is 1.88. The summed E-state index contributed by atoms with van der Waals surface area (Å²) in [5, 5.41) is 0. The first kappa shape index (κ1) is 14.9. The van der Waals surface area contributed by atoms with Crippen LogP contribution in [0.1, 0.15) is 30.5 Å². The van der Waals surface area contributed by atoms with Crippen LogP contribution in [-0.2, 0) is 14.9 Å². The number of hydrogen-bond acceptors (Lipinski definition) is 3. The van der Waals surface area contributed by atoms with Crippen LogP contribution >= 0.6 is 0 Å². The van der Waals surface area contributed by atoms with Crippen LogP contribution in [0.4, 0.5) is 4.79 Å². The fourth-order valence-electron chi connectivity index (χ4n) is 3.62. The normalized spacial score (nSPS) is 28.5. The Hall–Kier alpha value is -2.62. The summed E-state index contributed by atoms with van der Waals surface area (Å²) in [6.07, 6.45) is 0.234. The van der Waals surface area contributed by atoms with Crippen LogP contribution in [0.3, 0.4) is 0 Å². The van der Waals surface area contributed by atoms with Gasteiger partial charge in [-0.1, -0.05) is 67.6 Å². The lowest BCUT2D eigenvalue weighted by molar-refractivity contribution is -0.131. The van der Waals surface area contributed by atoms with Crippen LogP contribution in [0.25, 0.3) is 0 Å². The number of carbonyl (C=O) groups excluding carboxylic acids is 2. The highest BCUT2D eigenvalue weighted by molar-refractivity contribution is 5.97. The van der Waals surface area contributed by atoms with Crippen LogP contribution in [0.2, 0.25) is 0 Å². The van der Waals surface area contributed by atoms with Crippen molar-refractivity contribution >= 4 is 12.0 Å². The number of hydrogen-bond donors (Lipinski definition) is 0. The summed E-state index contributed by atoms with van der Waals surface area (Å²) in [6.45, 7) is 2.31. The van der Waals surface area contributed by atoms with Crippen LogP contribution in [0.15, 0.2) is 60.7 Å². The van der Waals surface area contributed by atoms with E-state index in [0.717, 1.165) is 17.5 Å². The number of ether oxygens (including phenoxy) is 1. The molecule has 2 fully saturated rings. The first-order chi connectivity index (χ1) is 11.6. The maximum Gasteiger partial charge on any atom is 0.417 e. The molecule has 0 aromatic heterocycles. The summed E-state index contributed by atoms with van der Waals surface area (Å²) in [5.74, 6) is -0.297. The van der Waals surface area contributed by atoms with E-state index in [0.29, 0.717) is 0 Å². The predicted octanol–water partition coefficient (Wildman–Crippen LogP) is 3.68. The van der Waals surface area contributed by atoms with Gasteiger partial charge in [0.25, 0.3) is 0 Å². The van der Waals surface area contributed by atoms with E-state index in [-0.39, 0.29) is 29.9 Å². The minimum Gasteiger partial charge on any atom is -0.446 e. The molecule has 2 amide bonds. The smallest absolute Gasteiger partial charge is 0.417 e. The predicted molar refractivity (Wildman–Crippen MR) is 89.3 cm³/mol. The van der Waals surface area contributed by atoms with E-state index in [2.05, 4.69) is 6.92 Å². The van der Waals surface area contributed by atoms with Crippen LogP contribution < -0.4 is 0 Å². The molecule has 2 aromatic rings. The van der Waals surface area contributed by atoms with E-state index >= 15 is 0 Å². The highest BCUT2D eigenvalue weighted by Crippen LogP contribution is 2.55. The molecule has 1 heterocycles. The van der Waals surface area contributed by atoms with Gasteiger partial charge in [-0.3, -0.25) is 4.79 Å². The molecule has 0 spiro atoms. The zero-order chi connectivity index (χ0) is 16.7. The van der Waals surface area contributed by atoms with E-state index in [1.54, 1.807) is 0 Å². The number of amides is 2. The Bertz CT molecular complexity index is 774. The van der Waals surface area contributed by atoms with E-state index in [1.807, 2.05) is 60.7 Å². The van der Waals surface area contributed by atoms with Crippen molar-refractivity contribution in [1.82, 2.24) is 4.90 Å². The third-order valence-corrected chi connectivity index (χ3v) is 5.26. The Kier molecular flexibility index (Phi) is 3.41. The van der Waals surface area contributed by atoms with Crippen molar-refractivity contribution in [3.8, 4) is 0 Å². The second-order valence-electron chi connectivity index (χ2n) is 6.75. The molecule has 4 heteroatoms. The number of cyclic esters (lactones) is 1. The molecule has 3 atom stereocenters. The highest BCUT2D eigenvalue weighted by atomic mass is 16.6. The maximum absolute atomic E-state index is 13.0. The highest BCUT2D eigenvalue weighted by Gasteiger charge is 2.59. The Morgan fingerprint density at radius 1 is 1.08 bits per heavy atom. The number of rotatable bonds is 3. The fraction of sp³-hybridized carbons (Fsp3) is 0.300. The van der Waals surface area contributed by atoms with Gasteiger partial charge in [-0.15, -0.1) is 0 Å². The van der Waals surface area contributed by atoms with Gasteiger partial charge in [0.1, 0.15) is 12.6 Å². The number of imide groups is 1. The average Bonchev–Trinajstić information content (AvgIpc) is 3.18.